The van der Waals surface area contributed by atoms with E-state index in [1.807, 2.05) is 20.8 Å². The first-order valence-corrected chi connectivity index (χ1v) is 8.04. The van der Waals surface area contributed by atoms with Gasteiger partial charge in [0.2, 0.25) is 5.91 Å². The highest BCUT2D eigenvalue weighted by Gasteiger charge is 2.25. The number of rotatable bonds is 4. The average molecular weight is 274 g/mol. The maximum atomic E-state index is 11.9. The molecule has 0 aromatic heterocycles. The van der Waals surface area contributed by atoms with Crippen molar-refractivity contribution in [2.45, 2.75) is 57.2 Å². The molecule has 3 N–H and O–H groups in total. The molecule has 0 bridgehead atoms. The summed E-state index contributed by atoms with van der Waals surface area (Å²) in [5, 5.41) is 2.89. The zero-order valence-corrected chi connectivity index (χ0v) is 12.5. The Hall–Kier alpha value is -0.420. The summed E-state index contributed by atoms with van der Waals surface area (Å²) in [7, 11) is -0.905. The Morgan fingerprint density at radius 3 is 2.61 bits per heavy atom. The molecular formula is C13H26N2O2S. The van der Waals surface area contributed by atoms with Crippen molar-refractivity contribution in [2.24, 2.45) is 11.7 Å². The van der Waals surface area contributed by atoms with Crippen LogP contribution in [0.2, 0.25) is 0 Å². The molecule has 0 aliphatic heterocycles. The Labute approximate surface area is 113 Å². The van der Waals surface area contributed by atoms with Crippen molar-refractivity contribution in [1.29, 1.82) is 0 Å². The molecule has 0 saturated heterocycles. The van der Waals surface area contributed by atoms with Gasteiger partial charge in [0.15, 0.2) is 0 Å². The van der Waals surface area contributed by atoms with E-state index in [2.05, 4.69) is 5.32 Å². The lowest BCUT2D eigenvalue weighted by Crippen LogP contribution is -2.39. The molecule has 18 heavy (non-hydrogen) atoms. The van der Waals surface area contributed by atoms with E-state index in [-0.39, 0.29) is 22.6 Å². The van der Waals surface area contributed by atoms with Crippen LogP contribution in [0.3, 0.4) is 0 Å². The molecule has 3 atom stereocenters. The fraction of sp³-hybridized carbons (Fsp3) is 0.923. The molecular weight excluding hydrogens is 248 g/mol. The topological polar surface area (TPSA) is 72.2 Å². The van der Waals surface area contributed by atoms with Gasteiger partial charge in [-0.15, -0.1) is 0 Å². The van der Waals surface area contributed by atoms with Crippen LogP contribution in [0.15, 0.2) is 0 Å². The Morgan fingerprint density at radius 1 is 1.39 bits per heavy atom. The summed E-state index contributed by atoms with van der Waals surface area (Å²) in [5.74, 6) is 0.654. The number of nitrogens with two attached hydrogens (primary N) is 1. The minimum Gasteiger partial charge on any atom is -0.355 e. The molecule has 5 heteroatoms. The fourth-order valence-electron chi connectivity index (χ4n) is 2.18. The van der Waals surface area contributed by atoms with Crippen LogP contribution < -0.4 is 11.1 Å². The summed E-state index contributed by atoms with van der Waals surface area (Å²) in [6, 6.07) is 0.165. The van der Waals surface area contributed by atoms with E-state index in [0.717, 1.165) is 25.7 Å². The first kappa shape index (κ1) is 15.6. The van der Waals surface area contributed by atoms with Gasteiger partial charge in [-0.1, -0.05) is 6.42 Å². The SMILES string of the molecule is CC(C)(C)S(=O)CCNC(=O)C1CCCC(N)C1. The predicted octanol–water partition coefficient (Wildman–Crippen LogP) is 1.17. The normalized spacial score (nSPS) is 26.7. The lowest BCUT2D eigenvalue weighted by Gasteiger charge is -2.25. The highest BCUT2D eigenvalue weighted by atomic mass is 32.2. The summed E-state index contributed by atoms with van der Waals surface area (Å²) in [6.07, 6.45) is 3.78. The number of hydrogen-bond acceptors (Lipinski definition) is 3. The van der Waals surface area contributed by atoms with Crippen molar-refractivity contribution in [3.63, 3.8) is 0 Å². The van der Waals surface area contributed by atoms with E-state index in [0.29, 0.717) is 12.3 Å². The summed E-state index contributed by atoms with van der Waals surface area (Å²) in [5.41, 5.74) is 5.87. The molecule has 1 rings (SSSR count). The van der Waals surface area contributed by atoms with Crippen LogP contribution in [0.4, 0.5) is 0 Å². The quantitative estimate of drug-likeness (QED) is 0.808. The molecule has 4 nitrogen and oxygen atoms in total. The van der Waals surface area contributed by atoms with Crippen LogP contribution in [0.1, 0.15) is 46.5 Å². The van der Waals surface area contributed by atoms with Crippen molar-refractivity contribution >= 4 is 16.7 Å². The van der Waals surface area contributed by atoms with Crippen LogP contribution in [0.5, 0.6) is 0 Å². The third-order valence-electron chi connectivity index (χ3n) is 3.36. The van der Waals surface area contributed by atoms with Gasteiger partial charge in [0.1, 0.15) is 0 Å². The van der Waals surface area contributed by atoms with Gasteiger partial charge in [0, 0.05) is 39.8 Å². The van der Waals surface area contributed by atoms with Gasteiger partial charge in [-0.3, -0.25) is 9.00 Å². The standard InChI is InChI=1S/C13H26N2O2S/c1-13(2,3)18(17)8-7-15-12(16)10-5-4-6-11(14)9-10/h10-11H,4-9,14H2,1-3H3,(H,15,16). The molecule has 0 radical (unpaired) electrons. The molecule has 1 saturated carbocycles. The number of carbonyl (C=O) groups excluding carboxylic acids is 1. The highest BCUT2D eigenvalue weighted by Crippen LogP contribution is 2.23. The van der Waals surface area contributed by atoms with E-state index in [9.17, 15) is 9.00 Å². The summed E-state index contributed by atoms with van der Waals surface area (Å²) in [4.78, 5) is 11.9. The molecule has 1 fully saturated rings. The van der Waals surface area contributed by atoms with E-state index in [1.54, 1.807) is 0 Å². The van der Waals surface area contributed by atoms with E-state index >= 15 is 0 Å². The van der Waals surface area contributed by atoms with E-state index < -0.39 is 10.8 Å². The van der Waals surface area contributed by atoms with Crippen molar-refractivity contribution in [2.75, 3.05) is 12.3 Å². The second kappa shape index (κ2) is 6.66. The minimum atomic E-state index is -0.905. The first-order chi connectivity index (χ1) is 8.30. The van der Waals surface area contributed by atoms with E-state index in [1.165, 1.54) is 0 Å². The molecule has 1 amide bonds. The lowest BCUT2D eigenvalue weighted by atomic mass is 9.85. The second-order valence-corrected chi connectivity index (χ2v) is 8.40. The maximum absolute atomic E-state index is 11.9. The number of carbonyl (C=O) groups is 1. The Kier molecular flexibility index (Phi) is 5.79. The van der Waals surface area contributed by atoms with Gasteiger partial charge < -0.3 is 11.1 Å². The smallest absolute Gasteiger partial charge is 0.223 e. The monoisotopic (exact) mass is 274 g/mol. The van der Waals surface area contributed by atoms with Gasteiger partial charge in [-0.05, 0) is 40.0 Å². The molecule has 0 spiro atoms. The Bertz CT molecular complexity index is 313. The molecule has 106 valence electrons. The third-order valence-corrected chi connectivity index (χ3v) is 5.30. The number of hydrogen-bond donors (Lipinski definition) is 2. The van der Waals surface area contributed by atoms with Gasteiger partial charge in [-0.25, -0.2) is 0 Å². The van der Waals surface area contributed by atoms with Crippen LogP contribution in [0, 0.1) is 5.92 Å². The van der Waals surface area contributed by atoms with Gasteiger partial charge >= 0.3 is 0 Å². The highest BCUT2D eigenvalue weighted by molar-refractivity contribution is 7.86. The molecule has 0 heterocycles. The van der Waals surface area contributed by atoms with Crippen molar-refractivity contribution in [3.05, 3.63) is 0 Å². The van der Waals surface area contributed by atoms with Crippen LogP contribution >= 0.6 is 0 Å². The van der Waals surface area contributed by atoms with E-state index in [4.69, 9.17) is 5.73 Å². The molecule has 0 aromatic rings. The second-order valence-electron chi connectivity index (χ2n) is 6.08. The summed E-state index contributed by atoms with van der Waals surface area (Å²) >= 11 is 0. The van der Waals surface area contributed by atoms with Crippen molar-refractivity contribution in [3.8, 4) is 0 Å². The molecule has 0 aromatic carbocycles. The van der Waals surface area contributed by atoms with Crippen LogP contribution in [0.25, 0.3) is 0 Å². The third kappa shape index (κ3) is 5.06. The van der Waals surface area contributed by atoms with Gasteiger partial charge in [0.05, 0.1) is 0 Å². The zero-order chi connectivity index (χ0) is 13.8. The maximum Gasteiger partial charge on any atom is 0.223 e. The van der Waals surface area contributed by atoms with Crippen molar-refractivity contribution in [1.82, 2.24) is 5.32 Å². The average Bonchev–Trinajstić information content (AvgIpc) is 2.27. The van der Waals surface area contributed by atoms with Gasteiger partial charge in [-0.2, -0.15) is 0 Å². The predicted molar refractivity (Wildman–Crippen MR) is 75.7 cm³/mol. The minimum absolute atomic E-state index is 0.0526. The Morgan fingerprint density at radius 2 is 2.06 bits per heavy atom. The van der Waals surface area contributed by atoms with Crippen LogP contribution in [-0.4, -0.2) is 33.2 Å². The number of nitrogens with one attached hydrogen (secondary N) is 1. The number of amides is 1. The van der Waals surface area contributed by atoms with Crippen molar-refractivity contribution < 1.29 is 9.00 Å². The fourth-order valence-corrected chi connectivity index (χ4v) is 3.08. The van der Waals surface area contributed by atoms with Crippen LogP contribution in [-0.2, 0) is 15.6 Å². The summed E-state index contributed by atoms with van der Waals surface area (Å²) < 4.78 is 11.6. The largest absolute Gasteiger partial charge is 0.355 e. The first-order valence-electron chi connectivity index (χ1n) is 6.72. The molecule has 1 aliphatic carbocycles. The Balaban J connectivity index is 2.27. The van der Waals surface area contributed by atoms with Gasteiger partial charge in [0.25, 0.3) is 0 Å². The molecule has 1 aliphatic rings. The summed E-state index contributed by atoms with van der Waals surface area (Å²) in [6.45, 7) is 6.34. The zero-order valence-electron chi connectivity index (χ0n) is 11.7. The lowest BCUT2D eigenvalue weighted by molar-refractivity contribution is -0.125. The molecule has 3 unspecified atom stereocenters.